The van der Waals surface area contributed by atoms with E-state index < -0.39 is 0 Å². The molecule has 0 saturated heterocycles. The van der Waals surface area contributed by atoms with Crippen molar-refractivity contribution in [3.63, 3.8) is 0 Å². The number of aromatic nitrogens is 4. The quantitative estimate of drug-likeness (QED) is 0.721. The van der Waals surface area contributed by atoms with E-state index in [-0.39, 0.29) is 0 Å². The highest BCUT2D eigenvalue weighted by Crippen LogP contribution is 2.37. The molecule has 0 spiro atoms. The molecule has 0 atom stereocenters. The Kier molecular flexibility index (Phi) is 1.47. The lowest BCUT2D eigenvalue weighted by Gasteiger charge is -2.00. The summed E-state index contributed by atoms with van der Waals surface area (Å²) in [5, 5.41) is 7.97. The summed E-state index contributed by atoms with van der Waals surface area (Å²) in [4.78, 5) is 4.05. The van der Waals surface area contributed by atoms with Crippen molar-refractivity contribution in [2.45, 2.75) is 25.8 Å². The van der Waals surface area contributed by atoms with Gasteiger partial charge in [-0.15, -0.1) is 10.2 Å². The van der Waals surface area contributed by atoms with Crippen molar-refractivity contribution in [2.24, 2.45) is 0 Å². The van der Waals surface area contributed by atoms with E-state index in [9.17, 15) is 0 Å². The van der Waals surface area contributed by atoms with Gasteiger partial charge in [0.1, 0.15) is 6.33 Å². The monoisotopic (exact) mass is 190 g/mol. The Morgan fingerprint density at radius 2 is 2.36 bits per heavy atom. The fourth-order valence-corrected chi connectivity index (χ4v) is 1.54. The lowest BCUT2D eigenvalue weighted by atomic mass is 10.3. The first-order chi connectivity index (χ1) is 6.86. The van der Waals surface area contributed by atoms with Crippen molar-refractivity contribution in [1.82, 2.24) is 19.7 Å². The highest BCUT2D eigenvalue weighted by molar-refractivity contribution is 5.49. The lowest BCUT2D eigenvalue weighted by molar-refractivity contribution is 0.559. The minimum atomic E-state index is 0.560. The van der Waals surface area contributed by atoms with Crippen LogP contribution in [0.15, 0.2) is 17.1 Å². The van der Waals surface area contributed by atoms with Crippen LogP contribution in [0.4, 0.5) is 0 Å². The molecule has 1 fully saturated rings. The minimum Gasteiger partial charge on any atom is -0.440 e. The minimum absolute atomic E-state index is 0.560. The smallest absolute Gasteiger partial charge is 0.201 e. The molecular formula is C9H10N4O. The maximum Gasteiger partial charge on any atom is 0.201 e. The van der Waals surface area contributed by atoms with Crippen LogP contribution in [-0.2, 0) is 0 Å². The molecule has 14 heavy (non-hydrogen) atoms. The first-order valence-corrected chi connectivity index (χ1v) is 4.66. The summed E-state index contributed by atoms with van der Waals surface area (Å²) in [5.41, 5.74) is 0.861. The van der Waals surface area contributed by atoms with E-state index in [1.165, 1.54) is 19.2 Å². The van der Waals surface area contributed by atoms with Gasteiger partial charge in [0.15, 0.2) is 12.2 Å². The second-order valence-corrected chi connectivity index (χ2v) is 3.56. The van der Waals surface area contributed by atoms with E-state index in [0.717, 1.165) is 17.3 Å². The van der Waals surface area contributed by atoms with Gasteiger partial charge in [0, 0.05) is 6.04 Å². The molecule has 0 radical (unpaired) electrons. The van der Waals surface area contributed by atoms with Crippen molar-refractivity contribution >= 4 is 0 Å². The van der Waals surface area contributed by atoms with Crippen LogP contribution in [0.3, 0.4) is 0 Å². The van der Waals surface area contributed by atoms with Crippen molar-refractivity contribution in [3.8, 4) is 11.6 Å². The van der Waals surface area contributed by atoms with Crippen molar-refractivity contribution in [3.05, 3.63) is 18.4 Å². The zero-order chi connectivity index (χ0) is 9.54. The van der Waals surface area contributed by atoms with Gasteiger partial charge < -0.3 is 8.98 Å². The molecule has 2 aromatic rings. The number of aryl methyl sites for hydroxylation is 1. The molecule has 5 heteroatoms. The first-order valence-electron chi connectivity index (χ1n) is 4.66. The van der Waals surface area contributed by atoms with Gasteiger partial charge in [-0.3, -0.25) is 0 Å². The predicted molar refractivity (Wildman–Crippen MR) is 48.5 cm³/mol. The van der Waals surface area contributed by atoms with E-state index in [2.05, 4.69) is 19.7 Å². The molecule has 1 aliphatic carbocycles. The number of nitrogens with zero attached hydrogens (tertiary/aromatic N) is 4. The van der Waals surface area contributed by atoms with Gasteiger partial charge in [-0.25, -0.2) is 4.98 Å². The first kappa shape index (κ1) is 7.73. The molecule has 0 aromatic carbocycles. The van der Waals surface area contributed by atoms with Crippen LogP contribution in [0.25, 0.3) is 11.6 Å². The van der Waals surface area contributed by atoms with Crippen LogP contribution < -0.4 is 0 Å². The SMILES string of the molecule is Cc1ncoc1-c1nncn1C1CC1. The summed E-state index contributed by atoms with van der Waals surface area (Å²) >= 11 is 0. The van der Waals surface area contributed by atoms with Gasteiger partial charge in [-0.05, 0) is 19.8 Å². The zero-order valence-corrected chi connectivity index (χ0v) is 7.84. The molecular weight excluding hydrogens is 180 g/mol. The number of rotatable bonds is 2. The van der Waals surface area contributed by atoms with E-state index in [4.69, 9.17) is 4.42 Å². The van der Waals surface area contributed by atoms with Gasteiger partial charge in [0.2, 0.25) is 5.82 Å². The fraction of sp³-hybridized carbons (Fsp3) is 0.444. The largest absolute Gasteiger partial charge is 0.440 e. The zero-order valence-electron chi connectivity index (χ0n) is 7.84. The average Bonchev–Trinajstić information content (AvgIpc) is 2.75. The number of hydrogen-bond acceptors (Lipinski definition) is 4. The van der Waals surface area contributed by atoms with E-state index in [1.807, 2.05) is 6.92 Å². The molecule has 2 heterocycles. The van der Waals surface area contributed by atoms with Crippen molar-refractivity contribution < 1.29 is 4.42 Å². The molecule has 72 valence electrons. The van der Waals surface area contributed by atoms with Crippen LogP contribution in [0.1, 0.15) is 24.6 Å². The Balaban J connectivity index is 2.11. The Bertz CT molecular complexity index is 455. The van der Waals surface area contributed by atoms with Crippen LogP contribution in [0.2, 0.25) is 0 Å². The third-order valence-electron chi connectivity index (χ3n) is 2.46. The van der Waals surface area contributed by atoms with Gasteiger partial charge in [-0.1, -0.05) is 0 Å². The Hall–Kier alpha value is -1.65. The second-order valence-electron chi connectivity index (χ2n) is 3.56. The molecule has 0 aliphatic heterocycles. The molecule has 1 saturated carbocycles. The molecule has 5 nitrogen and oxygen atoms in total. The topological polar surface area (TPSA) is 56.7 Å². The normalized spacial score (nSPS) is 16.1. The fourth-order valence-electron chi connectivity index (χ4n) is 1.54. The Morgan fingerprint density at radius 3 is 3.00 bits per heavy atom. The van der Waals surface area contributed by atoms with Crippen LogP contribution in [0, 0.1) is 6.92 Å². The average molecular weight is 190 g/mol. The lowest BCUT2D eigenvalue weighted by Crippen LogP contribution is -1.95. The highest BCUT2D eigenvalue weighted by Gasteiger charge is 2.28. The number of hydrogen-bond donors (Lipinski definition) is 0. The summed E-state index contributed by atoms with van der Waals surface area (Å²) < 4.78 is 7.36. The molecule has 2 aromatic heterocycles. The van der Waals surface area contributed by atoms with E-state index in [1.54, 1.807) is 6.33 Å². The third kappa shape index (κ3) is 1.05. The highest BCUT2D eigenvalue weighted by atomic mass is 16.3. The molecule has 3 rings (SSSR count). The Labute approximate surface area is 80.8 Å². The van der Waals surface area contributed by atoms with Gasteiger partial charge in [0.25, 0.3) is 0 Å². The second kappa shape index (κ2) is 2.67. The van der Waals surface area contributed by atoms with Crippen LogP contribution in [0.5, 0.6) is 0 Å². The summed E-state index contributed by atoms with van der Waals surface area (Å²) in [5.74, 6) is 1.52. The maximum atomic E-state index is 5.29. The van der Waals surface area contributed by atoms with E-state index in [0.29, 0.717) is 6.04 Å². The molecule has 0 unspecified atom stereocenters. The van der Waals surface area contributed by atoms with Gasteiger partial charge in [0.05, 0.1) is 5.69 Å². The predicted octanol–water partition coefficient (Wildman–Crippen LogP) is 1.58. The standard InChI is InChI=1S/C9H10N4O/c1-6-8(14-5-10-6)9-12-11-4-13(9)7-2-3-7/h4-5,7H,2-3H2,1H3. The third-order valence-corrected chi connectivity index (χ3v) is 2.46. The summed E-state index contributed by atoms with van der Waals surface area (Å²) in [6.45, 7) is 1.91. The maximum absolute atomic E-state index is 5.29. The molecule has 0 amide bonds. The van der Waals surface area contributed by atoms with Crippen LogP contribution in [-0.4, -0.2) is 19.7 Å². The Morgan fingerprint density at radius 1 is 1.50 bits per heavy atom. The van der Waals surface area contributed by atoms with Crippen molar-refractivity contribution in [2.75, 3.05) is 0 Å². The summed E-state index contributed by atoms with van der Waals surface area (Å²) in [6, 6.07) is 0.560. The molecule has 0 bridgehead atoms. The molecule has 1 aliphatic rings. The summed E-state index contributed by atoms with van der Waals surface area (Å²) in [7, 11) is 0. The summed E-state index contributed by atoms with van der Waals surface area (Å²) in [6.07, 6.45) is 5.61. The van der Waals surface area contributed by atoms with Gasteiger partial charge in [-0.2, -0.15) is 0 Å². The number of oxazole rings is 1. The van der Waals surface area contributed by atoms with Crippen LogP contribution >= 0.6 is 0 Å². The van der Waals surface area contributed by atoms with Crippen molar-refractivity contribution in [1.29, 1.82) is 0 Å². The molecule has 0 N–H and O–H groups in total. The van der Waals surface area contributed by atoms with Gasteiger partial charge >= 0.3 is 0 Å². The van der Waals surface area contributed by atoms with E-state index >= 15 is 0 Å².